The van der Waals surface area contributed by atoms with Gasteiger partial charge in [-0.25, -0.2) is 4.79 Å². The number of para-hydroxylation sites is 1. The van der Waals surface area contributed by atoms with Crippen molar-refractivity contribution >= 4 is 17.7 Å². The number of nitro benzene ring substituents is 1. The smallest absolute Gasteiger partial charge is 0.407 e. The Bertz CT molecular complexity index is 473. The van der Waals surface area contributed by atoms with Gasteiger partial charge in [0.25, 0.3) is 5.69 Å². The molecule has 0 saturated heterocycles. The third kappa shape index (κ3) is 4.08. The van der Waals surface area contributed by atoms with Crippen molar-refractivity contribution in [3.63, 3.8) is 0 Å². The fourth-order valence-electron chi connectivity index (χ4n) is 1.15. The second-order valence-electron chi connectivity index (χ2n) is 3.21. The third-order valence-electron chi connectivity index (χ3n) is 1.93. The standard InChI is InChI=1S/C10H10N2O6/c13-9(14)5-11-10(15)18-6-7-3-1-2-4-8(7)12(16)17/h1-4H,5-6H2,(H,11,15)(H,13,14). The van der Waals surface area contributed by atoms with Crippen LogP contribution in [0.5, 0.6) is 0 Å². The summed E-state index contributed by atoms with van der Waals surface area (Å²) in [5.41, 5.74) is 0.0662. The summed E-state index contributed by atoms with van der Waals surface area (Å²) in [6, 6.07) is 5.80. The van der Waals surface area contributed by atoms with E-state index < -0.39 is 23.5 Å². The Morgan fingerprint density at radius 1 is 1.39 bits per heavy atom. The predicted octanol–water partition coefficient (Wildman–Crippen LogP) is 0.906. The lowest BCUT2D eigenvalue weighted by Gasteiger charge is -2.05. The first kappa shape index (κ1) is 13.4. The quantitative estimate of drug-likeness (QED) is 0.595. The van der Waals surface area contributed by atoms with Crippen LogP contribution in [0.2, 0.25) is 0 Å². The number of nitrogens with one attached hydrogen (secondary N) is 1. The van der Waals surface area contributed by atoms with Crippen LogP contribution in [0.15, 0.2) is 24.3 Å². The first-order chi connectivity index (χ1) is 8.50. The lowest BCUT2D eigenvalue weighted by atomic mass is 10.2. The maximum Gasteiger partial charge on any atom is 0.407 e. The highest BCUT2D eigenvalue weighted by molar-refractivity contribution is 5.76. The van der Waals surface area contributed by atoms with Gasteiger partial charge in [-0.3, -0.25) is 14.9 Å². The van der Waals surface area contributed by atoms with Crippen molar-refractivity contribution in [2.75, 3.05) is 6.54 Å². The van der Waals surface area contributed by atoms with Crippen LogP contribution in [-0.4, -0.2) is 28.6 Å². The Kier molecular flexibility index (Phi) is 4.61. The van der Waals surface area contributed by atoms with E-state index in [1.54, 1.807) is 6.07 Å². The molecule has 0 atom stereocenters. The van der Waals surface area contributed by atoms with Gasteiger partial charge in [0.2, 0.25) is 0 Å². The number of ether oxygens (including phenoxy) is 1. The molecule has 8 nitrogen and oxygen atoms in total. The van der Waals surface area contributed by atoms with Crippen molar-refractivity contribution in [3.05, 3.63) is 39.9 Å². The highest BCUT2D eigenvalue weighted by Gasteiger charge is 2.14. The molecular weight excluding hydrogens is 244 g/mol. The molecular formula is C10H10N2O6. The molecule has 1 rings (SSSR count). The average Bonchev–Trinajstić information content (AvgIpc) is 2.34. The molecule has 1 amide bonds. The molecule has 0 saturated carbocycles. The average molecular weight is 254 g/mol. The van der Waals surface area contributed by atoms with Crippen molar-refractivity contribution in [2.45, 2.75) is 6.61 Å². The van der Waals surface area contributed by atoms with Gasteiger partial charge in [0.1, 0.15) is 13.2 Å². The Labute approximate surface area is 101 Å². The first-order valence-electron chi connectivity index (χ1n) is 4.85. The van der Waals surface area contributed by atoms with Crippen LogP contribution in [0.25, 0.3) is 0 Å². The highest BCUT2D eigenvalue weighted by atomic mass is 16.6. The molecule has 0 radical (unpaired) electrons. The van der Waals surface area contributed by atoms with E-state index in [0.717, 1.165) is 0 Å². The molecule has 0 heterocycles. The summed E-state index contributed by atoms with van der Waals surface area (Å²) in [5, 5.41) is 20.9. The number of carbonyl (C=O) groups excluding carboxylic acids is 1. The summed E-state index contributed by atoms with van der Waals surface area (Å²) >= 11 is 0. The molecule has 96 valence electrons. The van der Waals surface area contributed by atoms with Gasteiger partial charge in [-0.15, -0.1) is 0 Å². The van der Waals surface area contributed by atoms with E-state index in [1.807, 2.05) is 5.32 Å². The number of alkyl carbamates (subject to hydrolysis) is 1. The number of amides is 1. The molecule has 2 N–H and O–H groups in total. The number of hydrogen-bond acceptors (Lipinski definition) is 5. The minimum absolute atomic E-state index is 0.163. The van der Waals surface area contributed by atoms with E-state index in [2.05, 4.69) is 4.74 Å². The predicted molar refractivity (Wildman–Crippen MR) is 58.9 cm³/mol. The fourth-order valence-corrected chi connectivity index (χ4v) is 1.15. The summed E-state index contributed by atoms with van der Waals surface area (Å²) < 4.78 is 4.65. The fraction of sp³-hybridized carbons (Fsp3) is 0.200. The molecule has 0 aromatic heterocycles. The van der Waals surface area contributed by atoms with Crippen LogP contribution in [0, 0.1) is 10.1 Å². The Hall–Kier alpha value is -2.64. The maximum absolute atomic E-state index is 11.0. The van der Waals surface area contributed by atoms with Gasteiger partial charge < -0.3 is 15.2 Å². The zero-order valence-electron chi connectivity index (χ0n) is 9.16. The first-order valence-corrected chi connectivity index (χ1v) is 4.85. The Morgan fingerprint density at radius 3 is 2.67 bits per heavy atom. The summed E-state index contributed by atoms with van der Waals surface area (Å²) in [4.78, 5) is 31.3. The van der Waals surface area contributed by atoms with Gasteiger partial charge in [-0.2, -0.15) is 0 Å². The summed E-state index contributed by atoms with van der Waals surface area (Å²) in [5.74, 6) is -1.21. The minimum atomic E-state index is -1.21. The summed E-state index contributed by atoms with van der Waals surface area (Å²) in [6.07, 6.45) is -0.949. The van der Waals surface area contributed by atoms with Crippen LogP contribution in [0.1, 0.15) is 5.56 Å². The van der Waals surface area contributed by atoms with E-state index in [1.165, 1.54) is 18.2 Å². The SMILES string of the molecule is O=C(O)CNC(=O)OCc1ccccc1[N+](=O)[O-]. The van der Waals surface area contributed by atoms with Crippen LogP contribution in [0.3, 0.4) is 0 Å². The molecule has 18 heavy (non-hydrogen) atoms. The molecule has 0 spiro atoms. The lowest BCUT2D eigenvalue weighted by molar-refractivity contribution is -0.385. The topological polar surface area (TPSA) is 119 Å². The number of rotatable bonds is 5. The van der Waals surface area contributed by atoms with Crippen molar-refractivity contribution in [1.82, 2.24) is 5.32 Å². The number of carboxylic acid groups (broad SMARTS) is 1. The molecule has 0 aliphatic rings. The van der Waals surface area contributed by atoms with Crippen LogP contribution >= 0.6 is 0 Å². The molecule has 1 aromatic rings. The van der Waals surface area contributed by atoms with E-state index in [4.69, 9.17) is 5.11 Å². The van der Waals surface area contributed by atoms with Gasteiger partial charge in [-0.1, -0.05) is 12.1 Å². The van der Waals surface area contributed by atoms with Crippen LogP contribution in [0.4, 0.5) is 10.5 Å². The van der Waals surface area contributed by atoms with E-state index in [-0.39, 0.29) is 17.9 Å². The third-order valence-corrected chi connectivity index (χ3v) is 1.93. The van der Waals surface area contributed by atoms with Gasteiger partial charge in [0.15, 0.2) is 0 Å². The normalized spacial score (nSPS) is 9.56. The summed E-state index contributed by atoms with van der Waals surface area (Å²) in [7, 11) is 0. The Balaban J connectivity index is 2.56. The van der Waals surface area contributed by atoms with Gasteiger partial charge in [0, 0.05) is 6.07 Å². The number of hydrogen-bond donors (Lipinski definition) is 2. The van der Waals surface area contributed by atoms with E-state index in [9.17, 15) is 19.7 Å². The highest BCUT2D eigenvalue weighted by Crippen LogP contribution is 2.18. The monoisotopic (exact) mass is 254 g/mol. The van der Waals surface area contributed by atoms with Crippen molar-refractivity contribution in [1.29, 1.82) is 0 Å². The number of nitro groups is 1. The molecule has 8 heteroatoms. The van der Waals surface area contributed by atoms with Gasteiger partial charge in [0.05, 0.1) is 10.5 Å². The maximum atomic E-state index is 11.0. The van der Waals surface area contributed by atoms with E-state index >= 15 is 0 Å². The number of aliphatic carboxylic acids is 1. The zero-order chi connectivity index (χ0) is 13.5. The number of benzene rings is 1. The molecule has 0 fully saturated rings. The van der Waals surface area contributed by atoms with Gasteiger partial charge >= 0.3 is 12.1 Å². The molecule has 0 bridgehead atoms. The molecule has 0 aliphatic carbocycles. The van der Waals surface area contributed by atoms with Crippen molar-refractivity contribution in [2.24, 2.45) is 0 Å². The lowest BCUT2D eigenvalue weighted by Crippen LogP contribution is -2.29. The van der Waals surface area contributed by atoms with Crippen molar-refractivity contribution < 1.29 is 24.4 Å². The van der Waals surface area contributed by atoms with Crippen molar-refractivity contribution in [3.8, 4) is 0 Å². The number of nitrogens with zero attached hydrogens (tertiary/aromatic N) is 1. The molecule has 0 aliphatic heterocycles. The molecule has 1 aromatic carbocycles. The van der Waals surface area contributed by atoms with E-state index in [0.29, 0.717) is 0 Å². The second kappa shape index (κ2) is 6.18. The van der Waals surface area contributed by atoms with Gasteiger partial charge in [-0.05, 0) is 6.07 Å². The number of carbonyl (C=O) groups is 2. The van der Waals surface area contributed by atoms with Crippen LogP contribution in [-0.2, 0) is 16.1 Å². The summed E-state index contributed by atoms with van der Waals surface area (Å²) in [6.45, 7) is -0.877. The Morgan fingerprint density at radius 2 is 2.06 bits per heavy atom. The largest absolute Gasteiger partial charge is 0.480 e. The second-order valence-corrected chi connectivity index (χ2v) is 3.21. The van der Waals surface area contributed by atoms with Crippen LogP contribution < -0.4 is 5.32 Å². The number of carboxylic acids is 1. The molecule has 0 unspecified atom stereocenters. The minimum Gasteiger partial charge on any atom is -0.480 e. The zero-order valence-corrected chi connectivity index (χ0v) is 9.16.